The van der Waals surface area contributed by atoms with Crippen molar-refractivity contribution >= 4 is 11.6 Å². The Labute approximate surface area is 108 Å². The third-order valence-electron chi connectivity index (χ3n) is 3.21. The molecule has 1 aromatic rings. The van der Waals surface area contributed by atoms with Gasteiger partial charge < -0.3 is 15.0 Å². The lowest BCUT2D eigenvalue weighted by molar-refractivity contribution is -0.119. The van der Waals surface area contributed by atoms with Crippen molar-refractivity contribution in [2.45, 2.75) is 32.4 Å². The number of rotatable bonds is 3. The zero-order valence-electron chi connectivity index (χ0n) is 11.4. The molecule has 0 radical (unpaired) electrons. The van der Waals surface area contributed by atoms with Crippen LogP contribution in [0.4, 0.5) is 5.69 Å². The summed E-state index contributed by atoms with van der Waals surface area (Å²) in [4.78, 5) is 13.6. The zero-order chi connectivity index (χ0) is 13.3. The third kappa shape index (κ3) is 2.34. The zero-order valence-corrected chi connectivity index (χ0v) is 11.4. The second kappa shape index (κ2) is 4.98. The Balaban J connectivity index is 2.40. The Morgan fingerprint density at radius 3 is 2.78 bits per heavy atom. The minimum atomic E-state index is 0.0689. The van der Waals surface area contributed by atoms with E-state index in [0.717, 1.165) is 17.0 Å². The summed E-state index contributed by atoms with van der Waals surface area (Å²) in [5.41, 5.74) is 2.08. The lowest BCUT2D eigenvalue weighted by Crippen LogP contribution is -2.36. The van der Waals surface area contributed by atoms with E-state index in [0.29, 0.717) is 6.42 Å². The maximum atomic E-state index is 11.8. The van der Waals surface area contributed by atoms with Crippen molar-refractivity contribution in [3.8, 4) is 5.75 Å². The molecule has 0 aliphatic carbocycles. The highest BCUT2D eigenvalue weighted by atomic mass is 16.5. The highest BCUT2D eigenvalue weighted by Gasteiger charge is 2.28. The van der Waals surface area contributed by atoms with E-state index in [1.807, 2.05) is 46.1 Å². The van der Waals surface area contributed by atoms with Gasteiger partial charge in [0.2, 0.25) is 5.91 Å². The van der Waals surface area contributed by atoms with Crippen molar-refractivity contribution in [3.63, 3.8) is 0 Å². The Hall–Kier alpha value is -1.55. The van der Waals surface area contributed by atoms with Crippen LogP contribution < -0.4 is 15.0 Å². The molecule has 98 valence electrons. The first-order valence-corrected chi connectivity index (χ1v) is 6.27. The topological polar surface area (TPSA) is 41.6 Å². The maximum Gasteiger partial charge on any atom is 0.228 e. The lowest BCUT2D eigenvalue weighted by Gasteiger charge is -2.31. The Morgan fingerprint density at radius 1 is 1.44 bits per heavy atom. The van der Waals surface area contributed by atoms with Crippen LogP contribution in [0.2, 0.25) is 0 Å². The molecule has 0 fully saturated rings. The number of carbonyl (C=O) groups is 1. The van der Waals surface area contributed by atoms with Crippen molar-refractivity contribution in [3.05, 3.63) is 23.8 Å². The first kappa shape index (κ1) is 12.9. The summed E-state index contributed by atoms with van der Waals surface area (Å²) < 4.78 is 5.70. The van der Waals surface area contributed by atoms with Crippen LogP contribution in [0.3, 0.4) is 0 Å². The molecule has 1 amide bonds. The molecule has 1 heterocycles. The molecule has 0 saturated heterocycles. The summed E-state index contributed by atoms with van der Waals surface area (Å²) in [6, 6.07) is 5.97. The summed E-state index contributed by atoms with van der Waals surface area (Å²) in [5.74, 6) is 0.992. The van der Waals surface area contributed by atoms with Gasteiger partial charge in [-0.15, -0.1) is 0 Å². The van der Waals surface area contributed by atoms with E-state index in [2.05, 4.69) is 5.32 Å². The fourth-order valence-electron chi connectivity index (χ4n) is 2.28. The van der Waals surface area contributed by atoms with Gasteiger partial charge in [-0.1, -0.05) is 0 Å². The van der Waals surface area contributed by atoms with Crippen molar-refractivity contribution < 1.29 is 9.53 Å². The minimum Gasteiger partial charge on any atom is -0.491 e. The molecule has 1 N–H and O–H groups in total. The molecule has 1 unspecified atom stereocenters. The van der Waals surface area contributed by atoms with E-state index in [-0.39, 0.29) is 18.1 Å². The maximum absolute atomic E-state index is 11.8. The molecule has 4 heteroatoms. The Morgan fingerprint density at radius 2 is 2.17 bits per heavy atom. The van der Waals surface area contributed by atoms with Gasteiger partial charge in [0.15, 0.2) is 0 Å². The van der Waals surface area contributed by atoms with Crippen LogP contribution in [0.15, 0.2) is 18.2 Å². The van der Waals surface area contributed by atoms with Crippen molar-refractivity contribution in [2.75, 3.05) is 19.0 Å². The monoisotopic (exact) mass is 248 g/mol. The molecule has 18 heavy (non-hydrogen) atoms. The predicted octanol–water partition coefficient (Wildman–Crippen LogP) is 2.10. The fourth-order valence-corrected chi connectivity index (χ4v) is 2.28. The molecule has 1 atom stereocenters. The largest absolute Gasteiger partial charge is 0.491 e. The van der Waals surface area contributed by atoms with Crippen LogP contribution in [-0.2, 0) is 4.79 Å². The number of benzene rings is 1. The number of hydrogen-bond acceptors (Lipinski definition) is 3. The fraction of sp³-hybridized carbons (Fsp3) is 0.500. The number of nitrogens with zero attached hydrogens (tertiary/aromatic N) is 1. The van der Waals surface area contributed by atoms with Crippen LogP contribution >= 0.6 is 0 Å². The quantitative estimate of drug-likeness (QED) is 0.890. The molecule has 2 rings (SSSR count). The molecular formula is C14H20N2O2. The van der Waals surface area contributed by atoms with Gasteiger partial charge in [-0.3, -0.25) is 4.79 Å². The number of anilines is 1. The Bertz CT molecular complexity index is 457. The first-order chi connectivity index (χ1) is 8.52. The van der Waals surface area contributed by atoms with Crippen LogP contribution in [0.1, 0.15) is 31.9 Å². The second-order valence-corrected chi connectivity index (χ2v) is 4.89. The van der Waals surface area contributed by atoms with Crippen molar-refractivity contribution in [1.29, 1.82) is 0 Å². The average Bonchev–Trinajstić information content (AvgIpc) is 2.33. The molecule has 0 bridgehead atoms. The van der Waals surface area contributed by atoms with Gasteiger partial charge in [0.05, 0.1) is 6.10 Å². The van der Waals surface area contributed by atoms with Gasteiger partial charge in [0, 0.05) is 25.2 Å². The summed E-state index contributed by atoms with van der Waals surface area (Å²) in [7, 11) is 3.69. The molecule has 0 saturated carbocycles. The SMILES string of the molecule is CNC1CC(=O)N(C)c2ccc(OC(C)C)cc21. The highest BCUT2D eigenvalue weighted by molar-refractivity contribution is 5.96. The highest BCUT2D eigenvalue weighted by Crippen LogP contribution is 2.36. The second-order valence-electron chi connectivity index (χ2n) is 4.89. The predicted molar refractivity (Wildman–Crippen MR) is 72.0 cm³/mol. The summed E-state index contributed by atoms with van der Waals surface area (Å²) in [6.07, 6.45) is 0.643. The van der Waals surface area contributed by atoms with Gasteiger partial charge in [0.1, 0.15) is 5.75 Å². The minimum absolute atomic E-state index is 0.0689. The van der Waals surface area contributed by atoms with Gasteiger partial charge in [-0.2, -0.15) is 0 Å². The van der Waals surface area contributed by atoms with E-state index in [4.69, 9.17) is 4.74 Å². The van der Waals surface area contributed by atoms with Crippen LogP contribution in [0, 0.1) is 0 Å². The molecule has 1 aliphatic rings. The molecule has 0 spiro atoms. The normalized spacial score (nSPS) is 19.1. The number of fused-ring (bicyclic) bond motifs is 1. The van der Waals surface area contributed by atoms with Crippen molar-refractivity contribution in [2.24, 2.45) is 0 Å². The van der Waals surface area contributed by atoms with E-state index in [1.165, 1.54) is 0 Å². The molecule has 4 nitrogen and oxygen atoms in total. The van der Waals surface area contributed by atoms with Crippen LogP contribution in [0.25, 0.3) is 0 Å². The van der Waals surface area contributed by atoms with Gasteiger partial charge in [-0.25, -0.2) is 0 Å². The number of amides is 1. The van der Waals surface area contributed by atoms with Gasteiger partial charge in [0.25, 0.3) is 0 Å². The van der Waals surface area contributed by atoms with Gasteiger partial charge in [-0.05, 0) is 44.7 Å². The van der Waals surface area contributed by atoms with E-state index < -0.39 is 0 Å². The lowest BCUT2D eigenvalue weighted by atomic mass is 9.96. The van der Waals surface area contributed by atoms with Gasteiger partial charge >= 0.3 is 0 Å². The number of hydrogen-bond donors (Lipinski definition) is 1. The summed E-state index contributed by atoms with van der Waals surface area (Å²) >= 11 is 0. The van der Waals surface area contributed by atoms with E-state index >= 15 is 0 Å². The standard InChI is InChI=1S/C14H20N2O2/c1-9(2)18-10-5-6-13-11(7-10)12(15-3)8-14(17)16(13)4/h5-7,9,12,15H,8H2,1-4H3. The molecule has 1 aromatic carbocycles. The molecular weight excluding hydrogens is 228 g/mol. The van der Waals surface area contributed by atoms with E-state index in [9.17, 15) is 4.79 Å². The summed E-state index contributed by atoms with van der Waals surface area (Å²) in [5, 5.41) is 3.19. The van der Waals surface area contributed by atoms with E-state index in [1.54, 1.807) is 4.90 Å². The number of nitrogens with one attached hydrogen (secondary N) is 1. The third-order valence-corrected chi connectivity index (χ3v) is 3.21. The molecule has 1 aliphatic heterocycles. The van der Waals surface area contributed by atoms with Crippen molar-refractivity contribution in [1.82, 2.24) is 5.32 Å². The average molecular weight is 248 g/mol. The first-order valence-electron chi connectivity index (χ1n) is 6.27. The smallest absolute Gasteiger partial charge is 0.228 e. The Kier molecular flexibility index (Phi) is 3.57. The van der Waals surface area contributed by atoms with Crippen LogP contribution in [-0.4, -0.2) is 26.1 Å². The molecule has 0 aromatic heterocycles. The number of ether oxygens (including phenoxy) is 1. The van der Waals surface area contributed by atoms with Crippen LogP contribution in [0.5, 0.6) is 5.75 Å². The summed E-state index contributed by atoms with van der Waals surface area (Å²) in [6.45, 7) is 4.01. The number of carbonyl (C=O) groups excluding carboxylic acids is 1.